The van der Waals surface area contributed by atoms with Gasteiger partial charge in [0.25, 0.3) is 0 Å². The summed E-state index contributed by atoms with van der Waals surface area (Å²) >= 11 is 0. The lowest BCUT2D eigenvalue weighted by Crippen LogP contribution is -2.43. The van der Waals surface area contributed by atoms with Gasteiger partial charge in [-0.25, -0.2) is 9.97 Å². The quantitative estimate of drug-likeness (QED) is 0.896. The predicted molar refractivity (Wildman–Crippen MR) is 79.9 cm³/mol. The topological polar surface area (TPSA) is 44.3 Å². The Labute approximate surface area is 116 Å². The molecular formula is C14H25N5. The number of hydrogen-bond donors (Lipinski definition) is 1. The van der Waals surface area contributed by atoms with Crippen molar-refractivity contribution in [1.29, 1.82) is 0 Å². The Balaban J connectivity index is 2.07. The Bertz CT molecular complexity index is 412. The smallest absolute Gasteiger partial charge is 0.134 e. The third-order valence-corrected chi connectivity index (χ3v) is 3.99. The van der Waals surface area contributed by atoms with E-state index in [1.54, 1.807) is 0 Å². The highest BCUT2D eigenvalue weighted by Crippen LogP contribution is 2.22. The Morgan fingerprint density at radius 2 is 2.05 bits per heavy atom. The van der Waals surface area contributed by atoms with Gasteiger partial charge in [-0.05, 0) is 26.3 Å². The average molecular weight is 263 g/mol. The van der Waals surface area contributed by atoms with Crippen LogP contribution in [-0.4, -0.2) is 54.6 Å². The van der Waals surface area contributed by atoms with Crippen LogP contribution < -0.4 is 10.2 Å². The molecule has 1 saturated heterocycles. The first-order valence-corrected chi connectivity index (χ1v) is 7.12. The molecule has 1 aliphatic rings. The minimum Gasteiger partial charge on any atom is -0.373 e. The van der Waals surface area contributed by atoms with Crippen molar-refractivity contribution in [3.8, 4) is 0 Å². The maximum Gasteiger partial charge on any atom is 0.134 e. The molecule has 2 heterocycles. The first-order valence-electron chi connectivity index (χ1n) is 7.12. The van der Waals surface area contributed by atoms with Crippen LogP contribution in [0.3, 0.4) is 0 Å². The van der Waals surface area contributed by atoms with E-state index in [0.29, 0.717) is 6.04 Å². The molecule has 106 valence electrons. The molecule has 1 aromatic heterocycles. The van der Waals surface area contributed by atoms with Crippen LogP contribution in [0.4, 0.5) is 11.6 Å². The highest BCUT2D eigenvalue weighted by atomic mass is 15.2. The van der Waals surface area contributed by atoms with E-state index in [9.17, 15) is 0 Å². The van der Waals surface area contributed by atoms with Gasteiger partial charge in [0.05, 0.1) is 0 Å². The van der Waals surface area contributed by atoms with Gasteiger partial charge in [-0.3, -0.25) is 0 Å². The molecule has 0 amide bonds. The number of hydrogen-bond acceptors (Lipinski definition) is 5. The fraction of sp³-hybridized carbons (Fsp3) is 0.714. The van der Waals surface area contributed by atoms with Crippen LogP contribution in [0.2, 0.25) is 0 Å². The van der Waals surface area contributed by atoms with Crippen LogP contribution in [0.25, 0.3) is 0 Å². The Hall–Kier alpha value is -1.36. The number of piperidine rings is 1. The summed E-state index contributed by atoms with van der Waals surface area (Å²) in [5.41, 5.74) is 0. The van der Waals surface area contributed by atoms with Gasteiger partial charge in [0, 0.05) is 39.3 Å². The lowest BCUT2D eigenvalue weighted by molar-refractivity contribution is 0.220. The fourth-order valence-corrected chi connectivity index (χ4v) is 2.67. The van der Waals surface area contributed by atoms with Crippen LogP contribution in [0.5, 0.6) is 0 Å². The van der Waals surface area contributed by atoms with E-state index in [2.05, 4.69) is 39.1 Å². The van der Waals surface area contributed by atoms with E-state index < -0.39 is 0 Å². The summed E-state index contributed by atoms with van der Waals surface area (Å²) in [5.74, 6) is 2.73. The molecule has 0 aliphatic carbocycles. The maximum absolute atomic E-state index is 4.56. The first-order chi connectivity index (χ1) is 9.13. The van der Waals surface area contributed by atoms with Gasteiger partial charge in [0.15, 0.2) is 0 Å². The second-order valence-corrected chi connectivity index (χ2v) is 5.18. The molecule has 0 aromatic carbocycles. The number of aromatic nitrogens is 2. The van der Waals surface area contributed by atoms with Gasteiger partial charge in [0.1, 0.15) is 17.5 Å². The van der Waals surface area contributed by atoms with E-state index in [-0.39, 0.29) is 0 Å². The Morgan fingerprint density at radius 3 is 2.63 bits per heavy atom. The van der Waals surface area contributed by atoms with E-state index in [0.717, 1.165) is 24.0 Å². The molecule has 0 spiro atoms. The maximum atomic E-state index is 4.56. The number of anilines is 2. The standard InChI is InChI=1S/C14H25N5/c1-5-19-8-6-12(7-9-19)18(4)14-10-13(15-3)16-11(2)17-14/h10,12H,5-9H2,1-4H3,(H,15,16,17). The summed E-state index contributed by atoms with van der Waals surface area (Å²) in [5, 5.41) is 3.10. The van der Waals surface area contributed by atoms with Crippen LogP contribution in [-0.2, 0) is 0 Å². The summed E-state index contributed by atoms with van der Waals surface area (Å²) in [6, 6.07) is 2.61. The molecule has 1 aromatic rings. The number of rotatable bonds is 4. The van der Waals surface area contributed by atoms with E-state index in [1.165, 1.54) is 25.9 Å². The highest BCUT2D eigenvalue weighted by Gasteiger charge is 2.22. The van der Waals surface area contributed by atoms with Crippen molar-refractivity contribution >= 4 is 11.6 Å². The van der Waals surface area contributed by atoms with Gasteiger partial charge < -0.3 is 15.1 Å². The molecular weight excluding hydrogens is 238 g/mol. The normalized spacial score (nSPS) is 17.5. The molecule has 0 radical (unpaired) electrons. The second-order valence-electron chi connectivity index (χ2n) is 5.18. The number of likely N-dealkylation sites (tertiary alicyclic amines) is 1. The number of aryl methyl sites for hydroxylation is 1. The lowest BCUT2D eigenvalue weighted by Gasteiger charge is -2.37. The van der Waals surface area contributed by atoms with Crippen molar-refractivity contribution in [2.24, 2.45) is 0 Å². The minimum absolute atomic E-state index is 0.585. The second kappa shape index (κ2) is 6.19. The largest absolute Gasteiger partial charge is 0.373 e. The van der Waals surface area contributed by atoms with E-state index >= 15 is 0 Å². The summed E-state index contributed by atoms with van der Waals surface area (Å²) in [4.78, 5) is 13.7. The summed E-state index contributed by atoms with van der Waals surface area (Å²) in [6.45, 7) is 7.71. The van der Waals surface area contributed by atoms with Gasteiger partial charge in [0.2, 0.25) is 0 Å². The van der Waals surface area contributed by atoms with Crippen molar-refractivity contribution in [3.05, 3.63) is 11.9 Å². The SMILES string of the molecule is CCN1CCC(N(C)c2cc(NC)nc(C)n2)CC1. The third-order valence-electron chi connectivity index (χ3n) is 3.99. The Kier molecular flexibility index (Phi) is 4.58. The number of nitrogens with zero attached hydrogens (tertiary/aromatic N) is 4. The Morgan fingerprint density at radius 1 is 1.37 bits per heavy atom. The molecule has 1 aliphatic heterocycles. The summed E-state index contributed by atoms with van der Waals surface area (Å²) in [7, 11) is 4.04. The zero-order valence-electron chi connectivity index (χ0n) is 12.5. The van der Waals surface area contributed by atoms with Crippen LogP contribution >= 0.6 is 0 Å². The van der Waals surface area contributed by atoms with Crippen molar-refractivity contribution in [2.45, 2.75) is 32.7 Å². The van der Waals surface area contributed by atoms with Gasteiger partial charge >= 0.3 is 0 Å². The molecule has 1 fully saturated rings. The molecule has 5 nitrogen and oxygen atoms in total. The summed E-state index contributed by atoms with van der Waals surface area (Å²) < 4.78 is 0. The average Bonchev–Trinajstić information content (AvgIpc) is 2.46. The third kappa shape index (κ3) is 3.35. The zero-order valence-corrected chi connectivity index (χ0v) is 12.5. The molecule has 0 atom stereocenters. The van der Waals surface area contributed by atoms with Crippen molar-refractivity contribution in [1.82, 2.24) is 14.9 Å². The van der Waals surface area contributed by atoms with Crippen LogP contribution in [0, 0.1) is 6.92 Å². The van der Waals surface area contributed by atoms with Crippen LogP contribution in [0.15, 0.2) is 6.07 Å². The molecule has 0 saturated carbocycles. The monoisotopic (exact) mass is 263 g/mol. The minimum atomic E-state index is 0.585. The van der Waals surface area contributed by atoms with Crippen LogP contribution in [0.1, 0.15) is 25.6 Å². The van der Waals surface area contributed by atoms with Crippen molar-refractivity contribution in [2.75, 3.05) is 43.9 Å². The van der Waals surface area contributed by atoms with Gasteiger partial charge in [-0.2, -0.15) is 0 Å². The van der Waals surface area contributed by atoms with Gasteiger partial charge in [-0.1, -0.05) is 6.92 Å². The first kappa shape index (κ1) is 14.1. The van der Waals surface area contributed by atoms with Crippen molar-refractivity contribution < 1.29 is 0 Å². The molecule has 0 unspecified atom stereocenters. The summed E-state index contributed by atoms with van der Waals surface area (Å²) in [6.07, 6.45) is 2.42. The number of nitrogens with one attached hydrogen (secondary N) is 1. The molecule has 1 N–H and O–H groups in total. The van der Waals surface area contributed by atoms with E-state index in [4.69, 9.17) is 0 Å². The molecule has 0 bridgehead atoms. The van der Waals surface area contributed by atoms with E-state index in [1.807, 2.05) is 20.0 Å². The lowest BCUT2D eigenvalue weighted by atomic mass is 10.0. The molecule has 19 heavy (non-hydrogen) atoms. The fourth-order valence-electron chi connectivity index (χ4n) is 2.67. The van der Waals surface area contributed by atoms with Gasteiger partial charge in [-0.15, -0.1) is 0 Å². The highest BCUT2D eigenvalue weighted by molar-refractivity contribution is 5.49. The van der Waals surface area contributed by atoms with Crippen molar-refractivity contribution in [3.63, 3.8) is 0 Å². The predicted octanol–water partition coefficient (Wildman–Crippen LogP) is 1.75. The molecule has 5 heteroatoms. The zero-order chi connectivity index (χ0) is 13.8. The molecule has 2 rings (SSSR count).